The van der Waals surface area contributed by atoms with Crippen molar-refractivity contribution in [1.82, 2.24) is 0 Å². The van der Waals surface area contributed by atoms with Gasteiger partial charge in [0.15, 0.2) is 0 Å². The van der Waals surface area contributed by atoms with Gasteiger partial charge in [0.1, 0.15) is 0 Å². The molecule has 1 amide bonds. The molecule has 0 bridgehead atoms. The van der Waals surface area contributed by atoms with E-state index in [0.29, 0.717) is 5.92 Å². The number of nitrogens with one attached hydrogen (secondary N) is 1. The molecule has 0 heterocycles. The van der Waals surface area contributed by atoms with Crippen molar-refractivity contribution >= 4 is 11.6 Å². The standard InChI is InChI=1S/C28H41NO/c1-18(2)21-8-10-24-22(17-21)9-11-25-27(24,5)12-7-13-28(25,6)26(30)29-23-15-19(3)14-20(4)16-23/h14-16,18,21,25H,7-13,17H2,1-6H3,(H,29,30)/t21?,25?,27?,28-/m1/s1. The summed E-state index contributed by atoms with van der Waals surface area (Å²) in [6.45, 7) is 13.7. The first kappa shape index (κ1) is 21.7. The Hall–Kier alpha value is -1.57. The average Bonchev–Trinajstić information content (AvgIpc) is 2.66. The molecule has 2 heteroatoms. The zero-order chi connectivity index (χ0) is 21.7. The first-order valence-electron chi connectivity index (χ1n) is 12.2. The number of anilines is 1. The molecule has 0 aromatic heterocycles. The molecule has 3 unspecified atom stereocenters. The smallest absolute Gasteiger partial charge is 0.230 e. The van der Waals surface area contributed by atoms with E-state index in [1.165, 1.54) is 49.7 Å². The SMILES string of the molecule is Cc1cc(C)cc(NC(=O)[C@]2(C)CCCC3(C)C4=C(CCC32)CC(C(C)C)CC4)c1. The summed E-state index contributed by atoms with van der Waals surface area (Å²) in [6.07, 6.45) is 9.73. The molecule has 0 aliphatic heterocycles. The molecule has 4 atom stereocenters. The van der Waals surface area contributed by atoms with E-state index in [0.717, 1.165) is 30.4 Å². The zero-order valence-corrected chi connectivity index (χ0v) is 20.0. The van der Waals surface area contributed by atoms with Crippen LogP contribution in [0.15, 0.2) is 29.3 Å². The van der Waals surface area contributed by atoms with Gasteiger partial charge in [0.05, 0.1) is 5.41 Å². The summed E-state index contributed by atoms with van der Waals surface area (Å²) in [7, 11) is 0. The van der Waals surface area contributed by atoms with Gasteiger partial charge in [-0.2, -0.15) is 0 Å². The minimum Gasteiger partial charge on any atom is -0.326 e. The Balaban J connectivity index is 1.61. The third-order valence-electron chi connectivity index (χ3n) is 9.00. The number of allylic oxidation sites excluding steroid dienone is 2. The number of hydrogen-bond acceptors (Lipinski definition) is 1. The molecule has 1 aromatic rings. The first-order chi connectivity index (χ1) is 14.1. The van der Waals surface area contributed by atoms with Gasteiger partial charge < -0.3 is 5.32 Å². The summed E-state index contributed by atoms with van der Waals surface area (Å²) >= 11 is 0. The van der Waals surface area contributed by atoms with Gasteiger partial charge >= 0.3 is 0 Å². The van der Waals surface area contributed by atoms with Gasteiger partial charge in [0.2, 0.25) is 5.91 Å². The molecule has 1 fully saturated rings. The number of aryl methyl sites for hydroxylation is 2. The third kappa shape index (κ3) is 3.65. The van der Waals surface area contributed by atoms with Crippen LogP contribution in [-0.4, -0.2) is 5.91 Å². The van der Waals surface area contributed by atoms with Crippen molar-refractivity contribution in [2.45, 2.75) is 92.9 Å². The van der Waals surface area contributed by atoms with Crippen LogP contribution in [0.1, 0.15) is 90.2 Å². The lowest BCUT2D eigenvalue weighted by molar-refractivity contribution is -0.135. The summed E-state index contributed by atoms with van der Waals surface area (Å²) in [4.78, 5) is 13.7. The van der Waals surface area contributed by atoms with Crippen LogP contribution in [0.4, 0.5) is 5.69 Å². The van der Waals surface area contributed by atoms with Gasteiger partial charge in [-0.15, -0.1) is 0 Å². The summed E-state index contributed by atoms with van der Waals surface area (Å²) in [6, 6.07) is 6.37. The lowest BCUT2D eigenvalue weighted by atomic mass is 9.48. The number of fused-ring (bicyclic) bond motifs is 2. The molecule has 0 saturated heterocycles. The normalized spacial score (nSPS) is 33.8. The Bertz CT molecular complexity index is 845. The van der Waals surface area contributed by atoms with Crippen molar-refractivity contribution < 1.29 is 4.79 Å². The van der Waals surface area contributed by atoms with Gasteiger partial charge in [0, 0.05) is 5.69 Å². The number of benzene rings is 1. The summed E-state index contributed by atoms with van der Waals surface area (Å²) in [5, 5.41) is 3.32. The van der Waals surface area contributed by atoms with Crippen molar-refractivity contribution in [2.75, 3.05) is 5.32 Å². The molecule has 4 rings (SSSR count). The highest BCUT2D eigenvalue weighted by Gasteiger charge is 2.55. The highest BCUT2D eigenvalue weighted by Crippen LogP contribution is 2.62. The van der Waals surface area contributed by atoms with Gasteiger partial charge in [-0.25, -0.2) is 0 Å². The lowest BCUT2D eigenvalue weighted by Gasteiger charge is -2.56. The Morgan fingerprint density at radius 1 is 1.03 bits per heavy atom. The van der Waals surface area contributed by atoms with Crippen molar-refractivity contribution in [3.8, 4) is 0 Å². The van der Waals surface area contributed by atoms with Crippen LogP contribution in [0, 0.1) is 42.4 Å². The maximum Gasteiger partial charge on any atom is 0.230 e. The Morgan fingerprint density at radius 2 is 1.73 bits per heavy atom. The van der Waals surface area contributed by atoms with Crippen LogP contribution >= 0.6 is 0 Å². The maximum absolute atomic E-state index is 13.7. The number of rotatable bonds is 3. The van der Waals surface area contributed by atoms with Crippen LogP contribution in [0.5, 0.6) is 0 Å². The third-order valence-corrected chi connectivity index (χ3v) is 9.00. The van der Waals surface area contributed by atoms with Crippen molar-refractivity contribution in [3.63, 3.8) is 0 Å². The second kappa shape index (κ2) is 7.84. The maximum atomic E-state index is 13.7. The Morgan fingerprint density at radius 3 is 2.40 bits per heavy atom. The molecule has 1 saturated carbocycles. The second-order valence-corrected chi connectivity index (χ2v) is 11.4. The minimum absolute atomic E-state index is 0.211. The highest BCUT2D eigenvalue weighted by atomic mass is 16.2. The van der Waals surface area contributed by atoms with Crippen molar-refractivity contribution in [2.24, 2.45) is 28.6 Å². The molecule has 164 valence electrons. The van der Waals surface area contributed by atoms with Crippen LogP contribution in [0.2, 0.25) is 0 Å². The van der Waals surface area contributed by atoms with Crippen LogP contribution < -0.4 is 5.32 Å². The molecule has 2 nitrogen and oxygen atoms in total. The van der Waals surface area contributed by atoms with Crippen LogP contribution in [-0.2, 0) is 4.79 Å². The molecule has 0 spiro atoms. The van der Waals surface area contributed by atoms with Gasteiger partial charge in [0.25, 0.3) is 0 Å². The van der Waals surface area contributed by atoms with Crippen molar-refractivity contribution in [1.29, 1.82) is 0 Å². The quantitative estimate of drug-likeness (QED) is 0.513. The molecule has 1 aromatic carbocycles. The average molecular weight is 408 g/mol. The molecular formula is C28H41NO. The minimum atomic E-state index is -0.280. The van der Waals surface area contributed by atoms with E-state index in [1.807, 2.05) is 0 Å². The number of carbonyl (C=O) groups is 1. The fraction of sp³-hybridized carbons (Fsp3) is 0.679. The van der Waals surface area contributed by atoms with E-state index in [9.17, 15) is 4.79 Å². The summed E-state index contributed by atoms with van der Waals surface area (Å²) < 4.78 is 0. The van der Waals surface area contributed by atoms with Gasteiger partial charge in [-0.3, -0.25) is 4.79 Å². The Labute approximate surface area is 183 Å². The van der Waals surface area contributed by atoms with Crippen LogP contribution in [0.3, 0.4) is 0 Å². The van der Waals surface area contributed by atoms with E-state index < -0.39 is 0 Å². The fourth-order valence-electron chi connectivity index (χ4n) is 7.34. The Kier molecular flexibility index (Phi) is 5.66. The highest BCUT2D eigenvalue weighted by molar-refractivity contribution is 5.95. The molecule has 3 aliphatic rings. The molecular weight excluding hydrogens is 366 g/mol. The molecule has 3 aliphatic carbocycles. The van der Waals surface area contributed by atoms with Gasteiger partial charge in [-0.05, 0) is 105 Å². The summed E-state index contributed by atoms with van der Waals surface area (Å²) in [5.41, 5.74) is 6.81. The van der Waals surface area contributed by atoms with E-state index in [1.54, 1.807) is 11.1 Å². The van der Waals surface area contributed by atoms with E-state index in [2.05, 4.69) is 65.1 Å². The number of amides is 1. The van der Waals surface area contributed by atoms with E-state index in [-0.39, 0.29) is 16.7 Å². The number of hydrogen-bond donors (Lipinski definition) is 1. The van der Waals surface area contributed by atoms with E-state index in [4.69, 9.17) is 0 Å². The van der Waals surface area contributed by atoms with E-state index >= 15 is 0 Å². The predicted octanol–water partition coefficient (Wildman–Crippen LogP) is 7.60. The summed E-state index contributed by atoms with van der Waals surface area (Å²) in [5.74, 6) is 2.33. The largest absolute Gasteiger partial charge is 0.326 e. The van der Waals surface area contributed by atoms with Gasteiger partial charge in [-0.1, -0.05) is 51.3 Å². The van der Waals surface area contributed by atoms with Crippen molar-refractivity contribution in [3.05, 3.63) is 40.5 Å². The fourth-order valence-corrected chi connectivity index (χ4v) is 7.34. The predicted molar refractivity (Wildman–Crippen MR) is 127 cm³/mol. The zero-order valence-electron chi connectivity index (χ0n) is 20.0. The topological polar surface area (TPSA) is 29.1 Å². The lowest BCUT2D eigenvalue weighted by Crippen LogP contribution is -2.52. The van der Waals surface area contributed by atoms with Crippen LogP contribution in [0.25, 0.3) is 0 Å². The second-order valence-electron chi connectivity index (χ2n) is 11.4. The number of carbonyl (C=O) groups excluding carboxylic acids is 1. The molecule has 0 radical (unpaired) electrons. The molecule has 30 heavy (non-hydrogen) atoms. The monoisotopic (exact) mass is 407 g/mol. The molecule has 1 N–H and O–H groups in total. The first-order valence-corrected chi connectivity index (χ1v) is 12.2.